The second-order valence-corrected chi connectivity index (χ2v) is 4.69. The number of carbonyl (C=O) groups is 1. The lowest BCUT2D eigenvalue weighted by Crippen LogP contribution is -2.35. The van der Waals surface area contributed by atoms with E-state index in [0.717, 1.165) is 11.1 Å². The van der Waals surface area contributed by atoms with Crippen molar-refractivity contribution in [2.75, 3.05) is 0 Å². The fourth-order valence-electron chi connectivity index (χ4n) is 2.61. The average molecular weight is 250 g/mol. The van der Waals surface area contributed by atoms with Crippen LogP contribution in [0.25, 0.3) is 0 Å². The van der Waals surface area contributed by atoms with Gasteiger partial charge in [0.1, 0.15) is 5.78 Å². The fourth-order valence-corrected chi connectivity index (χ4v) is 2.61. The SMILES string of the molecule is C=CCC(C(C)=O)(c1ccccc1)c1ccccc1. The molecule has 2 aromatic rings. The molecule has 2 aromatic carbocycles. The van der Waals surface area contributed by atoms with Crippen molar-refractivity contribution in [2.24, 2.45) is 0 Å². The Labute approximate surface area is 114 Å². The summed E-state index contributed by atoms with van der Waals surface area (Å²) in [6.45, 7) is 5.48. The predicted molar refractivity (Wildman–Crippen MR) is 79.2 cm³/mol. The van der Waals surface area contributed by atoms with Crippen molar-refractivity contribution in [3.05, 3.63) is 84.4 Å². The van der Waals surface area contributed by atoms with Gasteiger partial charge in [-0.05, 0) is 24.5 Å². The van der Waals surface area contributed by atoms with Crippen LogP contribution in [0, 0.1) is 0 Å². The van der Waals surface area contributed by atoms with Gasteiger partial charge in [0.15, 0.2) is 0 Å². The molecule has 0 heterocycles. The molecule has 1 nitrogen and oxygen atoms in total. The van der Waals surface area contributed by atoms with Crippen molar-refractivity contribution in [1.29, 1.82) is 0 Å². The zero-order valence-corrected chi connectivity index (χ0v) is 11.2. The van der Waals surface area contributed by atoms with Gasteiger partial charge >= 0.3 is 0 Å². The zero-order valence-electron chi connectivity index (χ0n) is 11.2. The summed E-state index contributed by atoms with van der Waals surface area (Å²) < 4.78 is 0. The quantitative estimate of drug-likeness (QED) is 0.729. The van der Waals surface area contributed by atoms with Crippen LogP contribution in [0.1, 0.15) is 24.5 Å². The topological polar surface area (TPSA) is 17.1 Å². The number of hydrogen-bond donors (Lipinski definition) is 0. The first-order valence-corrected chi connectivity index (χ1v) is 6.45. The molecule has 19 heavy (non-hydrogen) atoms. The Hall–Kier alpha value is -2.15. The highest BCUT2D eigenvalue weighted by Gasteiger charge is 2.37. The maximum Gasteiger partial charge on any atom is 0.145 e. The standard InChI is InChI=1S/C18H18O/c1-3-14-18(15(2)19,16-10-6-4-7-11-16)17-12-8-5-9-13-17/h3-13H,1,14H2,2H3. The van der Waals surface area contributed by atoms with Crippen molar-refractivity contribution in [3.8, 4) is 0 Å². The first-order valence-electron chi connectivity index (χ1n) is 6.45. The summed E-state index contributed by atoms with van der Waals surface area (Å²) in [5.74, 6) is 0.143. The van der Waals surface area contributed by atoms with E-state index in [9.17, 15) is 4.79 Å². The highest BCUT2D eigenvalue weighted by molar-refractivity contribution is 5.92. The number of allylic oxidation sites excluding steroid dienone is 1. The molecule has 0 saturated heterocycles. The van der Waals surface area contributed by atoms with Crippen LogP contribution in [0.5, 0.6) is 0 Å². The van der Waals surface area contributed by atoms with Gasteiger partial charge in [-0.2, -0.15) is 0 Å². The third-order valence-electron chi connectivity index (χ3n) is 3.58. The second-order valence-electron chi connectivity index (χ2n) is 4.69. The van der Waals surface area contributed by atoms with Gasteiger partial charge in [-0.25, -0.2) is 0 Å². The highest BCUT2D eigenvalue weighted by Crippen LogP contribution is 2.36. The normalized spacial score (nSPS) is 11.0. The molecule has 0 amide bonds. The Balaban J connectivity index is 2.68. The molecule has 1 heteroatoms. The Kier molecular flexibility index (Phi) is 3.96. The Morgan fingerprint density at radius 2 is 1.42 bits per heavy atom. The second kappa shape index (κ2) is 5.66. The van der Waals surface area contributed by atoms with Crippen LogP contribution in [0.15, 0.2) is 73.3 Å². The van der Waals surface area contributed by atoms with Crippen molar-refractivity contribution >= 4 is 5.78 Å². The summed E-state index contributed by atoms with van der Waals surface area (Å²) in [6.07, 6.45) is 2.43. The third-order valence-corrected chi connectivity index (χ3v) is 3.58. The van der Waals surface area contributed by atoms with E-state index in [1.54, 1.807) is 6.92 Å². The monoisotopic (exact) mass is 250 g/mol. The average Bonchev–Trinajstić information content (AvgIpc) is 2.46. The molecule has 0 N–H and O–H groups in total. The van der Waals surface area contributed by atoms with Crippen LogP contribution in [0.4, 0.5) is 0 Å². The van der Waals surface area contributed by atoms with Crippen LogP contribution in [0.3, 0.4) is 0 Å². The summed E-state index contributed by atoms with van der Waals surface area (Å²) in [4.78, 5) is 12.4. The minimum absolute atomic E-state index is 0.143. The van der Waals surface area contributed by atoms with E-state index in [1.165, 1.54) is 0 Å². The molecule has 0 aromatic heterocycles. The molecule has 2 rings (SSSR count). The van der Waals surface area contributed by atoms with Gasteiger partial charge in [-0.1, -0.05) is 66.7 Å². The molecule has 0 fully saturated rings. The molecule has 0 radical (unpaired) electrons. The van der Waals surface area contributed by atoms with Gasteiger partial charge in [0.2, 0.25) is 0 Å². The fraction of sp³-hybridized carbons (Fsp3) is 0.167. The number of carbonyl (C=O) groups excluding carboxylic acids is 1. The third kappa shape index (κ3) is 2.37. The van der Waals surface area contributed by atoms with Crippen molar-refractivity contribution in [1.82, 2.24) is 0 Å². The first kappa shape index (κ1) is 13.3. The molecule has 0 spiro atoms. The largest absolute Gasteiger partial charge is 0.299 e. The van der Waals surface area contributed by atoms with E-state index in [0.29, 0.717) is 6.42 Å². The predicted octanol–water partition coefficient (Wildman–Crippen LogP) is 4.14. The van der Waals surface area contributed by atoms with Crippen molar-refractivity contribution in [3.63, 3.8) is 0 Å². The number of rotatable bonds is 5. The van der Waals surface area contributed by atoms with E-state index in [2.05, 4.69) is 6.58 Å². The molecule has 0 atom stereocenters. The molecule has 0 aliphatic carbocycles. The van der Waals surface area contributed by atoms with Gasteiger partial charge in [0.25, 0.3) is 0 Å². The van der Waals surface area contributed by atoms with E-state index < -0.39 is 5.41 Å². The number of Topliss-reactive ketones (excluding diaryl/α,β-unsaturated/α-hetero) is 1. The van der Waals surface area contributed by atoms with Crippen LogP contribution in [-0.4, -0.2) is 5.78 Å². The molecule has 0 aliphatic heterocycles. The molecule has 96 valence electrons. The van der Waals surface area contributed by atoms with Crippen LogP contribution in [-0.2, 0) is 10.2 Å². The van der Waals surface area contributed by atoms with E-state index in [4.69, 9.17) is 0 Å². The van der Waals surface area contributed by atoms with E-state index in [-0.39, 0.29) is 5.78 Å². The maximum absolute atomic E-state index is 12.4. The lowest BCUT2D eigenvalue weighted by molar-refractivity contribution is -0.121. The number of hydrogen-bond acceptors (Lipinski definition) is 1. The number of ketones is 1. The summed E-state index contributed by atoms with van der Waals surface area (Å²) in [5.41, 5.74) is 1.42. The molecule has 0 saturated carbocycles. The molecule has 0 unspecified atom stereocenters. The Morgan fingerprint density at radius 3 is 1.74 bits per heavy atom. The summed E-state index contributed by atoms with van der Waals surface area (Å²) in [7, 11) is 0. The van der Waals surface area contributed by atoms with Crippen LogP contribution < -0.4 is 0 Å². The van der Waals surface area contributed by atoms with E-state index >= 15 is 0 Å². The summed E-state index contributed by atoms with van der Waals surface area (Å²) in [6, 6.07) is 19.9. The smallest absolute Gasteiger partial charge is 0.145 e. The molecule has 0 bridgehead atoms. The van der Waals surface area contributed by atoms with Crippen molar-refractivity contribution < 1.29 is 4.79 Å². The molecule has 0 aliphatic rings. The van der Waals surface area contributed by atoms with Crippen molar-refractivity contribution in [2.45, 2.75) is 18.8 Å². The van der Waals surface area contributed by atoms with Gasteiger partial charge in [-0.3, -0.25) is 4.79 Å². The summed E-state index contributed by atoms with van der Waals surface area (Å²) in [5, 5.41) is 0. The van der Waals surface area contributed by atoms with Crippen LogP contribution >= 0.6 is 0 Å². The van der Waals surface area contributed by atoms with E-state index in [1.807, 2.05) is 66.7 Å². The van der Waals surface area contributed by atoms with Gasteiger partial charge in [0.05, 0.1) is 5.41 Å². The summed E-state index contributed by atoms with van der Waals surface area (Å²) >= 11 is 0. The lowest BCUT2D eigenvalue weighted by Gasteiger charge is -2.31. The first-order chi connectivity index (χ1) is 9.21. The molecular formula is C18H18O. The lowest BCUT2D eigenvalue weighted by atomic mass is 9.69. The van der Waals surface area contributed by atoms with Gasteiger partial charge in [-0.15, -0.1) is 6.58 Å². The minimum Gasteiger partial charge on any atom is -0.299 e. The highest BCUT2D eigenvalue weighted by atomic mass is 16.1. The van der Waals surface area contributed by atoms with Crippen LogP contribution in [0.2, 0.25) is 0 Å². The molecular weight excluding hydrogens is 232 g/mol. The number of benzene rings is 2. The van der Waals surface area contributed by atoms with Gasteiger partial charge < -0.3 is 0 Å². The Morgan fingerprint density at radius 1 is 1.00 bits per heavy atom. The zero-order chi connectivity index (χ0) is 13.7. The van der Waals surface area contributed by atoms with Gasteiger partial charge in [0, 0.05) is 0 Å². The Bertz CT molecular complexity index is 515. The minimum atomic E-state index is -0.621. The maximum atomic E-state index is 12.4.